The van der Waals surface area contributed by atoms with E-state index in [0.29, 0.717) is 13.1 Å². The van der Waals surface area contributed by atoms with E-state index in [1.807, 2.05) is 29.8 Å². The number of alkyl halides is 3. The second kappa shape index (κ2) is 6.46. The van der Waals surface area contributed by atoms with Gasteiger partial charge in [0.25, 0.3) is 5.91 Å². The Hall–Kier alpha value is -2.29. The van der Waals surface area contributed by atoms with Gasteiger partial charge in [0.15, 0.2) is 15.6 Å². The van der Waals surface area contributed by atoms with Gasteiger partial charge in [0.1, 0.15) is 0 Å². The van der Waals surface area contributed by atoms with Gasteiger partial charge < -0.3 is 9.47 Å². The van der Waals surface area contributed by atoms with E-state index in [1.165, 1.54) is 12.1 Å². The Morgan fingerprint density at radius 2 is 1.92 bits per heavy atom. The van der Waals surface area contributed by atoms with Gasteiger partial charge in [0.05, 0.1) is 10.9 Å². The zero-order valence-electron chi connectivity index (χ0n) is 13.9. The van der Waals surface area contributed by atoms with E-state index in [-0.39, 0.29) is 11.6 Å². The summed E-state index contributed by atoms with van der Waals surface area (Å²) in [5.74, 6) is -2.36. The number of hydrogen-bond donors (Lipinski definition) is 0. The molecular weight excluding hydrogens is 369 g/mol. The molecule has 1 aliphatic rings. The summed E-state index contributed by atoms with van der Waals surface area (Å²) in [6, 6.07) is 8.34. The Bertz CT molecular complexity index is 935. The molecule has 0 bridgehead atoms. The number of amides is 1. The summed E-state index contributed by atoms with van der Waals surface area (Å²) < 4.78 is 63.4. The first-order chi connectivity index (χ1) is 12.1. The molecule has 1 amide bonds. The number of carbonyl (C=O) groups excluding carboxylic acids is 1. The smallest absolute Gasteiger partial charge is 0.348 e. The summed E-state index contributed by atoms with van der Waals surface area (Å²) in [7, 11) is -4.56. The minimum atomic E-state index is -4.84. The highest BCUT2D eigenvalue weighted by Gasteiger charge is 2.36. The van der Waals surface area contributed by atoms with Gasteiger partial charge in [-0.25, -0.2) is 8.42 Å². The summed E-state index contributed by atoms with van der Waals surface area (Å²) >= 11 is 0. The van der Waals surface area contributed by atoms with Crippen molar-refractivity contribution < 1.29 is 26.4 Å². The van der Waals surface area contributed by atoms with Gasteiger partial charge in [0.2, 0.25) is 0 Å². The maximum atomic E-state index is 12.8. The molecule has 2 heterocycles. The third kappa shape index (κ3) is 3.62. The molecule has 1 aromatic heterocycles. The predicted octanol–water partition coefficient (Wildman–Crippen LogP) is 3.04. The van der Waals surface area contributed by atoms with Crippen molar-refractivity contribution in [2.24, 2.45) is 0 Å². The van der Waals surface area contributed by atoms with Crippen molar-refractivity contribution in [2.75, 3.05) is 12.3 Å². The summed E-state index contributed by atoms with van der Waals surface area (Å²) in [6.45, 7) is 2.89. The normalized spacial score (nSPS) is 17.8. The van der Waals surface area contributed by atoms with Crippen molar-refractivity contribution >= 4 is 15.7 Å². The van der Waals surface area contributed by atoms with Gasteiger partial charge in [-0.15, -0.1) is 0 Å². The number of fused-ring (bicyclic) bond motifs is 1. The molecule has 0 saturated heterocycles. The largest absolute Gasteiger partial charge is 0.403 e. The van der Waals surface area contributed by atoms with Crippen LogP contribution in [0.15, 0.2) is 47.5 Å². The van der Waals surface area contributed by atoms with Crippen molar-refractivity contribution in [1.82, 2.24) is 9.47 Å². The Morgan fingerprint density at radius 1 is 1.19 bits per heavy atom. The van der Waals surface area contributed by atoms with Crippen LogP contribution in [0.25, 0.3) is 0 Å². The van der Waals surface area contributed by atoms with Crippen LogP contribution in [-0.2, 0) is 16.4 Å². The lowest BCUT2D eigenvalue weighted by molar-refractivity contribution is -0.106. The molecule has 0 unspecified atom stereocenters. The Balaban J connectivity index is 1.88. The molecule has 0 fully saturated rings. The van der Waals surface area contributed by atoms with Crippen LogP contribution in [0, 0.1) is 0 Å². The number of halogens is 3. The lowest BCUT2D eigenvalue weighted by atomic mass is 10.1. The molecule has 2 aromatic rings. The summed E-state index contributed by atoms with van der Waals surface area (Å²) in [5, 5.41) is 0. The summed E-state index contributed by atoms with van der Waals surface area (Å²) in [6.07, 6.45) is -2.93. The van der Waals surface area contributed by atoms with Crippen LogP contribution in [0.4, 0.5) is 13.2 Å². The highest BCUT2D eigenvalue weighted by atomic mass is 32.2. The third-order valence-electron chi connectivity index (χ3n) is 4.40. The first-order valence-electron chi connectivity index (χ1n) is 7.94. The molecule has 1 aliphatic heterocycles. The molecule has 3 rings (SSSR count). The molecule has 0 radical (unpaired) electrons. The maximum absolute atomic E-state index is 12.8. The number of carbonyl (C=O) groups is 1. The van der Waals surface area contributed by atoms with E-state index in [9.17, 15) is 26.4 Å². The lowest BCUT2D eigenvalue weighted by Gasteiger charge is -2.35. The van der Waals surface area contributed by atoms with E-state index in [0.717, 1.165) is 17.8 Å². The van der Waals surface area contributed by atoms with E-state index < -0.39 is 32.6 Å². The maximum Gasteiger partial charge on any atom is 0.403 e. The fraction of sp³-hybridized carbons (Fsp3) is 0.353. The van der Waals surface area contributed by atoms with Crippen molar-refractivity contribution in [2.45, 2.75) is 30.6 Å². The summed E-state index contributed by atoms with van der Waals surface area (Å²) in [4.78, 5) is 13.9. The topological polar surface area (TPSA) is 59.4 Å². The van der Waals surface area contributed by atoms with Gasteiger partial charge >= 0.3 is 6.18 Å². The van der Waals surface area contributed by atoms with Crippen LogP contribution in [0.2, 0.25) is 0 Å². The monoisotopic (exact) mass is 386 g/mol. The molecule has 0 N–H and O–H groups in total. The van der Waals surface area contributed by atoms with Crippen molar-refractivity contribution in [1.29, 1.82) is 0 Å². The number of hydrogen-bond acceptors (Lipinski definition) is 3. The number of rotatable bonds is 3. The number of aromatic nitrogens is 1. The van der Waals surface area contributed by atoms with Gasteiger partial charge in [0, 0.05) is 30.5 Å². The highest BCUT2D eigenvalue weighted by molar-refractivity contribution is 7.91. The molecule has 1 atom stereocenters. The Kier molecular flexibility index (Phi) is 4.60. The van der Waals surface area contributed by atoms with E-state index in [4.69, 9.17) is 0 Å². The number of sulfone groups is 1. The average molecular weight is 386 g/mol. The second-order valence-electron chi connectivity index (χ2n) is 6.20. The van der Waals surface area contributed by atoms with Crippen LogP contribution in [0.5, 0.6) is 0 Å². The lowest BCUT2D eigenvalue weighted by Crippen LogP contribution is -2.40. The first kappa shape index (κ1) is 18.5. The van der Waals surface area contributed by atoms with Crippen LogP contribution < -0.4 is 0 Å². The van der Waals surface area contributed by atoms with Gasteiger partial charge in [-0.05, 0) is 37.3 Å². The molecule has 9 heteroatoms. The average Bonchev–Trinajstić information content (AvgIpc) is 3.02. The SMILES string of the molecule is C[C@H]1c2cccn2CCN1C(=O)c1cccc(S(=O)(=O)CC(F)(F)F)c1. The summed E-state index contributed by atoms with van der Waals surface area (Å²) in [5.41, 5.74) is 1.01. The molecule has 1 aromatic carbocycles. The highest BCUT2D eigenvalue weighted by Crippen LogP contribution is 2.28. The van der Waals surface area contributed by atoms with Gasteiger partial charge in [-0.1, -0.05) is 6.07 Å². The number of nitrogens with zero attached hydrogens (tertiary/aromatic N) is 2. The van der Waals surface area contributed by atoms with Crippen molar-refractivity contribution in [3.05, 3.63) is 53.9 Å². The molecule has 0 saturated carbocycles. The van der Waals surface area contributed by atoms with E-state index >= 15 is 0 Å². The second-order valence-corrected chi connectivity index (χ2v) is 8.19. The van der Waals surface area contributed by atoms with Gasteiger partial charge in [-0.2, -0.15) is 13.2 Å². The minimum Gasteiger partial charge on any atom is -0.348 e. The standard InChI is InChI=1S/C17H17F3N2O3S/c1-12-15-6-3-7-21(15)8-9-22(12)16(23)13-4-2-5-14(10-13)26(24,25)11-17(18,19)20/h2-7,10,12H,8-9,11H2,1H3/t12-/m0/s1. The Morgan fingerprint density at radius 3 is 2.62 bits per heavy atom. The molecule has 0 aliphatic carbocycles. The number of benzene rings is 1. The van der Waals surface area contributed by atoms with Crippen LogP contribution in [-0.4, -0.2) is 42.3 Å². The first-order valence-corrected chi connectivity index (χ1v) is 9.59. The molecule has 0 spiro atoms. The fourth-order valence-corrected chi connectivity index (χ4v) is 4.33. The van der Waals surface area contributed by atoms with Crippen LogP contribution in [0.1, 0.15) is 29.0 Å². The zero-order valence-corrected chi connectivity index (χ0v) is 14.7. The minimum absolute atomic E-state index is 0.0557. The van der Waals surface area contributed by atoms with Crippen LogP contribution in [0.3, 0.4) is 0 Å². The zero-order chi connectivity index (χ0) is 19.1. The fourth-order valence-electron chi connectivity index (χ4n) is 3.14. The molecule has 140 valence electrons. The quantitative estimate of drug-likeness (QED) is 0.815. The Labute approximate surface area is 148 Å². The van der Waals surface area contributed by atoms with Crippen LogP contribution >= 0.6 is 0 Å². The molecule has 5 nitrogen and oxygen atoms in total. The predicted molar refractivity (Wildman–Crippen MR) is 88.4 cm³/mol. The molecule has 26 heavy (non-hydrogen) atoms. The van der Waals surface area contributed by atoms with E-state index in [2.05, 4.69) is 0 Å². The van der Waals surface area contributed by atoms with Crippen molar-refractivity contribution in [3.8, 4) is 0 Å². The third-order valence-corrected chi connectivity index (χ3v) is 6.08. The molecular formula is C17H17F3N2O3S. The van der Waals surface area contributed by atoms with E-state index in [1.54, 1.807) is 4.90 Å². The van der Waals surface area contributed by atoms with Crippen molar-refractivity contribution in [3.63, 3.8) is 0 Å². The van der Waals surface area contributed by atoms with Gasteiger partial charge in [-0.3, -0.25) is 4.79 Å².